The maximum atomic E-state index is 13.1. The van der Waals surface area contributed by atoms with Crippen LogP contribution in [0.3, 0.4) is 0 Å². The molecule has 0 radical (unpaired) electrons. The number of rotatable bonds is 4. The first-order chi connectivity index (χ1) is 15.8. The van der Waals surface area contributed by atoms with Crippen LogP contribution < -0.4 is 5.32 Å². The number of carbonyl (C=O) groups is 1. The summed E-state index contributed by atoms with van der Waals surface area (Å²) in [6.07, 6.45) is 3.62. The molecule has 2 aliphatic heterocycles. The zero-order valence-electron chi connectivity index (χ0n) is 17.9. The van der Waals surface area contributed by atoms with Gasteiger partial charge in [0, 0.05) is 36.2 Å². The lowest BCUT2D eigenvalue weighted by molar-refractivity contribution is -0.166. The number of nitrogens with one attached hydrogen (secondary N) is 1. The normalized spacial score (nSPS) is 20.5. The predicted octanol–water partition coefficient (Wildman–Crippen LogP) is 3.62. The molecular weight excluding hydrogens is 484 g/mol. The van der Waals surface area contributed by atoms with E-state index in [-0.39, 0.29) is 19.0 Å². The number of hydrogen-bond donors (Lipinski definition) is 1. The average Bonchev–Trinajstić information content (AvgIpc) is 3.45. The first kappa shape index (κ1) is 22.5. The van der Waals surface area contributed by atoms with Crippen molar-refractivity contribution in [3.05, 3.63) is 64.5 Å². The standard InChI is InChI=1S/C22H23ClN4O4S2/c1-15-6-13-32-20(15)33(29,30)27-10-7-22(8-11-27)21-24-9-12-26(21)14-18(31-22)19(28)25-17-4-2-16(23)3-5-17/h2-6,9,12-13,18H,7-8,10-11,14H2,1H3,(H,25,28). The van der Waals surface area contributed by atoms with Crippen LogP contribution in [0.4, 0.5) is 5.69 Å². The summed E-state index contributed by atoms with van der Waals surface area (Å²) in [7, 11) is -3.56. The molecule has 33 heavy (non-hydrogen) atoms. The summed E-state index contributed by atoms with van der Waals surface area (Å²) in [4.78, 5) is 17.5. The maximum absolute atomic E-state index is 13.1. The Bertz CT molecular complexity index is 1280. The summed E-state index contributed by atoms with van der Waals surface area (Å²) < 4.78 is 36.5. The summed E-state index contributed by atoms with van der Waals surface area (Å²) in [5, 5.41) is 5.26. The van der Waals surface area contributed by atoms with Gasteiger partial charge in [0.25, 0.3) is 15.9 Å². The van der Waals surface area contributed by atoms with E-state index in [2.05, 4.69) is 10.3 Å². The lowest BCUT2D eigenvalue weighted by Crippen LogP contribution is -2.53. The number of piperidine rings is 1. The summed E-state index contributed by atoms with van der Waals surface area (Å²) >= 11 is 7.16. The Morgan fingerprint density at radius 1 is 1.24 bits per heavy atom. The zero-order valence-corrected chi connectivity index (χ0v) is 20.3. The zero-order chi connectivity index (χ0) is 23.2. The van der Waals surface area contributed by atoms with Gasteiger partial charge in [0.1, 0.15) is 15.6 Å². The van der Waals surface area contributed by atoms with Crippen molar-refractivity contribution in [2.75, 3.05) is 18.4 Å². The Kier molecular flexibility index (Phi) is 5.82. The fourth-order valence-electron chi connectivity index (χ4n) is 4.46. The fraction of sp³-hybridized carbons (Fsp3) is 0.364. The molecule has 0 saturated carbocycles. The van der Waals surface area contributed by atoms with Crippen molar-refractivity contribution in [1.29, 1.82) is 0 Å². The minimum absolute atomic E-state index is 0.264. The number of imidazole rings is 1. The van der Waals surface area contributed by atoms with Gasteiger partial charge in [-0.3, -0.25) is 4.79 Å². The van der Waals surface area contributed by atoms with Gasteiger partial charge in [0.15, 0.2) is 6.10 Å². The van der Waals surface area contributed by atoms with Gasteiger partial charge in [-0.15, -0.1) is 11.3 Å². The molecule has 0 aliphatic carbocycles. The van der Waals surface area contributed by atoms with Crippen LogP contribution >= 0.6 is 22.9 Å². The number of halogens is 1. The van der Waals surface area contributed by atoms with E-state index >= 15 is 0 Å². The van der Waals surface area contributed by atoms with E-state index in [0.717, 1.165) is 11.4 Å². The highest BCUT2D eigenvalue weighted by Crippen LogP contribution is 2.41. The Morgan fingerprint density at radius 2 is 1.97 bits per heavy atom. The van der Waals surface area contributed by atoms with E-state index in [1.54, 1.807) is 42.8 Å². The number of benzene rings is 1. The van der Waals surface area contributed by atoms with Crippen molar-refractivity contribution in [1.82, 2.24) is 13.9 Å². The number of nitrogens with zero attached hydrogens (tertiary/aromatic N) is 3. The topological polar surface area (TPSA) is 93.5 Å². The minimum atomic E-state index is -3.56. The molecule has 5 rings (SSSR count). The van der Waals surface area contributed by atoms with Gasteiger partial charge >= 0.3 is 0 Å². The van der Waals surface area contributed by atoms with E-state index in [1.807, 2.05) is 16.8 Å². The number of hydrogen-bond acceptors (Lipinski definition) is 6. The molecule has 1 amide bonds. The van der Waals surface area contributed by atoms with Crippen LogP contribution in [0.2, 0.25) is 5.02 Å². The molecule has 1 aromatic carbocycles. The maximum Gasteiger partial charge on any atom is 0.255 e. The van der Waals surface area contributed by atoms with Gasteiger partial charge in [-0.1, -0.05) is 11.6 Å². The molecule has 1 saturated heterocycles. The molecule has 11 heteroatoms. The van der Waals surface area contributed by atoms with Crippen molar-refractivity contribution >= 4 is 44.6 Å². The summed E-state index contributed by atoms with van der Waals surface area (Å²) in [5.41, 5.74) is 0.565. The molecule has 1 N–H and O–H groups in total. The molecule has 1 unspecified atom stereocenters. The largest absolute Gasteiger partial charge is 0.352 e. The molecule has 2 aromatic heterocycles. The molecule has 174 valence electrons. The van der Waals surface area contributed by atoms with Crippen LogP contribution in [0.5, 0.6) is 0 Å². The number of fused-ring (bicyclic) bond motifs is 2. The number of thiophene rings is 1. The van der Waals surface area contributed by atoms with E-state index in [0.29, 0.717) is 34.3 Å². The van der Waals surface area contributed by atoms with Gasteiger partial charge < -0.3 is 14.6 Å². The molecule has 1 atom stereocenters. The Labute approximate surface area is 201 Å². The minimum Gasteiger partial charge on any atom is -0.352 e. The van der Waals surface area contributed by atoms with Gasteiger partial charge in [0.2, 0.25) is 0 Å². The number of amides is 1. The lowest BCUT2D eigenvalue weighted by Gasteiger charge is -2.45. The van der Waals surface area contributed by atoms with E-state index in [1.165, 1.54) is 15.6 Å². The number of ether oxygens (including phenoxy) is 1. The predicted molar refractivity (Wildman–Crippen MR) is 126 cm³/mol. The molecule has 8 nitrogen and oxygen atoms in total. The van der Waals surface area contributed by atoms with Crippen LogP contribution in [0.1, 0.15) is 24.2 Å². The van der Waals surface area contributed by atoms with Crippen molar-refractivity contribution < 1.29 is 17.9 Å². The van der Waals surface area contributed by atoms with Gasteiger partial charge in [-0.2, -0.15) is 4.31 Å². The molecule has 1 spiro atoms. The molecule has 3 aromatic rings. The lowest BCUT2D eigenvalue weighted by atomic mass is 9.89. The molecule has 4 heterocycles. The average molecular weight is 507 g/mol. The third kappa shape index (κ3) is 4.10. The smallest absolute Gasteiger partial charge is 0.255 e. The van der Waals surface area contributed by atoms with E-state index in [4.69, 9.17) is 16.3 Å². The van der Waals surface area contributed by atoms with Crippen molar-refractivity contribution in [3.8, 4) is 0 Å². The molecule has 2 aliphatic rings. The Morgan fingerprint density at radius 3 is 2.64 bits per heavy atom. The van der Waals surface area contributed by atoms with Crippen LogP contribution in [-0.4, -0.2) is 47.4 Å². The first-order valence-corrected chi connectivity index (χ1v) is 13.3. The number of anilines is 1. The Balaban J connectivity index is 1.35. The highest BCUT2D eigenvalue weighted by molar-refractivity contribution is 7.91. The van der Waals surface area contributed by atoms with Gasteiger partial charge in [-0.25, -0.2) is 13.4 Å². The quantitative estimate of drug-likeness (QED) is 0.583. The van der Waals surface area contributed by atoms with Crippen molar-refractivity contribution in [3.63, 3.8) is 0 Å². The summed E-state index contributed by atoms with van der Waals surface area (Å²) in [6.45, 7) is 2.72. The Hall–Kier alpha value is -2.24. The van der Waals surface area contributed by atoms with E-state index < -0.39 is 21.7 Å². The number of carbonyl (C=O) groups excluding carboxylic acids is 1. The number of aryl methyl sites for hydroxylation is 1. The second-order valence-corrected chi connectivity index (χ2v) is 11.8. The third-order valence-corrected chi connectivity index (χ3v) is 9.99. The number of sulfonamides is 1. The van der Waals surface area contributed by atoms with Gasteiger partial charge in [0.05, 0.1) is 6.54 Å². The third-order valence-electron chi connectivity index (χ3n) is 6.18. The fourth-order valence-corrected chi connectivity index (χ4v) is 7.58. The van der Waals surface area contributed by atoms with E-state index in [9.17, 15) is 13.2 Å². The molecule has 1 fully saturated rings. The molecule has 0 bridgehead atoms. The second-order valence-electron chi connectivity index (χ2n) is 8.30. The SMILES string of the molecule is Cc1ccsc1S(=O)(=O)N1CCC2(CC1)OC(C(=O)Nc1ccc(Cl)cc1)Cn1ccnc12. The first-order valence-electron chi connectivity index (χ1n) is 10.6. The van der Waals surface area contributed by atoms with Crippen LogP contribution in [-0.2, 0) is 31.7 Å². The molecular formula is C22H23ClN4O4S2. The van der Waals surface area contributed by atoms with Crippen molar-refractivity contribution in [2.24, 2.45) is 0 Å². The summed E-state index contributed by atoms with van der Waals surface area (Å²) in [5.74, 6) is 0.475. The highest BCUT2D eigenvalue weighted by atomic mass is 35.5. The van der Waals surface area contributed by atoms with Crippen molar-refractivity contribution in [2.45, 2.75) is 42.2 Å². The van der Waals surface area contributed by atoms with Crippen LogP contribution in [0, 0.1) is 6.92 Å². The number of aromatic nitrogens is 2. The monoisotopic (exact) mass is 506 g/mol. The summed E-state index contributed by atoms with van der Waals surface area (Å²) in [6, 6.07) is 8.70. The van der Waals surface area contributed by atoms with Crippen LogP contribution in [0.15, 0.2) is 52.3 Å². The van der Waals surface area contributed by atoms with Crippen LogP contribution in [0.25, 0.3) is 0 Å². The second kappa shape index (κ2) is 8.52. The van der Waals surface area contributed by atoms with Gasteiger partial charge in [-0.05, 0) is 61.0 Å². The highest BCUT2D eigenvalue weighted by Gasteiger charge is 2.48.